The molecule has 0 aliphatic rings. The third kappa shape index (κ3) is 6.08. The van der Waals surface area contributed by atoms with Crippen molar-refractivity contribution in [2.45, 2.75) is 40.2 Å². The minimum absolute atomic E-state index is 0.0440. The number of ether oxygens (including phenoxy) is 1. The van der Waals surface area contributed by atoms with Gasteiger partial charge in [0, 0.05) is 20.3 Å². The molecule has 0 radical (unpaired) electrons. The zero-order valence-electron chi connectivity index (χ0n) is 11.2. The number of hydrogen-bond donors (Lipinski definition) is 2. The number of hydrogen-bond acceptors (Lipinski definition) is 3. The highest BCUT2D eigenvalue weighted by atomic mass is 16.5. The Balaban J connectivity index is 3.99. The summed E-state index contributed by atoms with van der Waals surface area (Å²) in [7, 11) is 1.68. The maximum atomic E-state index is 11.6. The number of carbonyl (C=O) groups is 1. The molecule has 0 heterocycles. The van der Waals surface area contributed by atoms with Gasteiger partial charge in [0.15, 0.2) is 0 Å². The molecule has 1 atom stereocenters. The predicted octanol–water partition coefficient (Wildman–Crippen LogP) is 1.15. The molecule has 0 fully saturated rings. The van der Waals surface area contributed by atoms with Crippen LogP contribution in [0.25, 0.3) is 0 Å². The molecule has 4 heteroatoms. The highest BCUT2D eigenvalue weighted by Crippen LogP contribution is 2.18. The summed E-state index contributed by atoms with van der Waals surface area (Å²) in [5.74, 6) is 0.0996. The maximum absolute atomic E-state index is 11.6. The lowest BCUT2D eigenvalue weighted by molar-refractivity contribution is -0.123. The molecule has 0 bridgehead atoms. The average molecular weight is 230 g/mol. The SMILES string of the molecule is COCCC(C)(C)CNC(=O)[C@@H](N)C(C)C. The van der Waals surface area contributed by atoms with Gasteiger partial charge in [-0.15, -0.1) is 0 Å². The minimum Gasteiger partial charge on any atom is -0.385 e. The second kappa shape index (κ2) is 6.86. The molecule has 0 aromatic carbocycles. The fourth-order valence-corrected chi connectivity index (χ4v) is 1.21. The van der Waals surface area contributed by atoms with Crippen LogP contribution in [-0.4, -0.2) is 32.2 Å². The van der Waals surface area contributed by atoms with Crippen LogP contribution in [0.1, 0.15) is 34.1 Å². The number of rotatable bonds is 7. The van der Waals surface area contributed by atoms with Crippen LogP contribution >= 0.6 is 0 Å². The van der Waals surface area contributed by atoms with Gasteiger partial charge in [0.25, 0.3) is 0 Å². The molecule has 0 aliphatic heterocycles. The van der Waals surface area contributed by atoms with Crippen LogP contribution in [0.15, 0.2) is 0 Å². The Labute approximate surface area is 98.9 Å². The van der Waals surface area contributed by atoms with Gasteiger partial charge in [-0.2, -0.15) is 0 Å². The molecule has 3 N–H and O–H groups in total. The summed E-state index contributed by atoms with van der Waals surface area (Å²) in [6, 6.07) is -0.418. The van der Waals surface area contributed by atoms with Crippen molar-refractivity contribution >= 4 is 5.91 Å². The number of nitrogens with one attached hydrogen (secondary N) is 1. The van der Waals surface area contributed by atoms with Gasteiger partial charge < -0.3 is 15.8 Å². The Morgan fingerprint density at radius 2 is 2.00 bits per heavy atom. The molecule has 0 aromatic rings. The number of amides is 1. The van der Waals surface area contributed by atoms with Gasteiger partial charge >= 0.3 is 0 Å². The van der Waals surface area contributed by atoms with Crippen molar-refractivity contribution in [2.24, 2.45) is 17.1 Å². The smallest absolute Gasteiger partial charge is 0.237 e. The minimum atomic E-state index is -0.418. The summed E-state index contributed by atoms with van der Waals surface area (Å²) in [6.45, 7) is 9.44. The molecule has 0 rings (SSSR count). The molecular weight excluding hydrogens is 204 g/mol. The van der Waals surface area contributed by atoms with Crippen LogP contribution < -0.4 is 11.1 Å². The van der Waals surface area contributed by atoms with E-state index in [0.717, 1.165) is 6.42 Å². The summed E-state index contributed by atoms with van der Waals surface area (Å²) in [5.41, 5.74) is 5.80. The molecule has 96 valence electrons. The van der Waals surface area contributed by atoms with Crippen LogP contribution in [0.3, 0.4) is 0 Å². The van der Waals surface area contributed by atoms with E-state index in [1.807, 2.05) is 13.8 Å². The molecule has 0 unspecified atom stereocenters. The van der Waals surface area contributed by atoms with Gasteiger partial charge in [0.1, 0.15) is 0 Å². The number of carbonyl (C=O) groups excluding carboxylic acids is 1. The standard InChI is InChI=1S/C12H26N2O2/c1-9(2)10(13)11(15)14-8-12(3,4)6-7-16-5/h9-10H,6-8,13H2,1-5H3,(H,14,15)/t10-/m0/s1. The van der Waals surface area contributed by atoms with E-state index in [0.29, 0.717) is 13.2 Å². The Bertz CT molecular complexity index is 215. The Morgan fingerprint density at radius 1 is 1.44 bits per heavy atom. The van der Waals surface area contributed by atoms with Crippen molar-refractivity contribution < 1.29 is 9.53 Å². The molecule has 0 saturated carbocycles. The van der Waals surface area contributed by atoms with E-state index in [4.69, 9.17) is 10.5 Å². The van der Waals surface area contributed by atoms with E-state index in [2.05, 4.69) is 19.2 Å². The summed E-state index contributed by atoms with van der Waals surface area (Å²) < 4.78 is 5.03. The van der Waals surface area contributed by atoms with Gasteiger partial charge in [0.2, 0.25) is 5.91 Å². The summed E-state index contributed by atoms with van der Waals surface area (Å²) >= 11 is 0. The monoisotopic (exact) mass is 230 g/mol. The van der Waals surface area contributed by atoms with Gasteiger partial charge in [-0.3, -0.25) is 4.79 Å². The second-order valence-electron chi connectivity index (χ2n) is 5.39. The fraction of sp³-hybridized carbons (Fsp3) is 0.917. The van der Waals surface area contributed by atoms with Gasteiger partial charge in [-0.05, 0) is 17.8 Å². The fourth-order valence-electron chi connectivity index (χ4n) is 1.21. The van der Waals surface area contributed by atoms with E-state index in [-0.39, 0.29) is 17.2 Å². The van der Waals surface area contributed by atoms with Gasteiger partial charge in [-0.25, -0.2) is 0 Å². The normalized spacial score (nSPS) is 13.9. The molecular formula is C12H26N2O2. The first-order chi connectivity index (χ1) is 7.30. The molecule has 0 saturated heterocycles. The number of methoxy groups -OCH3 is 1. The van der Waals surface area contributed by atoms with Crippen LogP contribution in [0.5, 0.6) is 0 Å². The molecule has 0 spiro atoms. The first kappa shape index (κ1) is 15.4. The summed E-state index contributed by atoms with van der Waals surface area (Å²) in [4.78, 5) is 11.6. The van der Waals surface area contributed by atoms with Crippen molar-refractivity contribution in [3.05, 3.63) is 0 Å². The van der Waals surface area contributed by atoms with Crippen molar-refractivity contribution in [2.75, 3.05) is 20.3 Å². The van der Waals surface area contributed by atoms with Gasteiger partial charge in [0.05, 0.1) is 6.04 Å². The van der Waals surface area contributed by atoms with Crippen LogP contribution in [0.2, 0.25) is 0 Å². The first-order valence-corrected chi connectivity index (χ1v) is 5.82. The lowest BCUT2D eigenvalue weighted by Crippen LogP contribution is -2.46. The quantitative estimate of drug-likeness (QED) is 0.689. The maximum Gasteiger partial charge on any atom is 0.237 e. The van der Waals surface area contributed by atoms with E-state index in [1.165, 1.54) is 0 Å². The van der Waals surface area contributed by atoms with Crippen molar-refractivity contribution in [3.63, 3.8) is 0 Å². The van der Waals surface area contributed by atoms with E-state index in [1.54, 1.807) is 7.11 Å². The molecule has 1 amide bonds. The highest BCUT2D eigenvalue weighted by Gasteiger charge is 2.22. The number of nitrogens with two attached hydrogens (primary N) is 1. The van der Waals surface area contributed by atoms with Crippen molar-refractivity contribution in [3.8, 4) is 0 Å². The summed E-state index contributed by atoms with van der Waals surface area (Å²) in [5, 5.41) is 2.89. The lowest BCUT2D eigenvalue weighted by Gasteiger charge is -2.26. The molecule has 0 aromatic heterocycles. The molecule has 0 aliphatic carbocycles. The Hall–Kier alpha value is -0.610. The van der Waals surface area contributed by atoms with Crippen LogP contribution in [0, 0.1) is 11.3 Å². The van der Waals surface area contributed by atoms with Crippen LogP contribution in [0.4, 0.5) is 0 Å². The molecule has 4 nitrogen and oxygen atoms in total. The predicted molar refractivity (Wildman–Crippen MR) is 66.1 cm³/mol. The zero-order valence-corrected chi connectivity index (χ0v) is 11.2. The molecule has 16 heavy (non-hydrogen) atoms. The van der Waals surface area contributed by atoms with Gasteiger partial charge in [-0.1, -0.05) is 27.7 Å². The first-order valence-electron chi connectivity index (χ1n) is 5.82. The topological polar surface area (TPSA) is 64.3 Å². The van der Waals surface area contributed by atoms with E-state index in [9.17, 15) is 4.79 Å². The third-order valence-electron chi connectivity index (χ3n) is 2.75. The largest absolute Gasteiger partial charge is 0.385 e. The van der Waals surface area contributed by atoms with Crippen LogP contribution in [-0.2, 0) is 9.53 Å². The Kier molecular flexibility index (Phi) is 6.60. The second-order valence-corrected chi connectivity index (χ2v) is 5.39. The lowest BCUT2D eigenvalue weighted by atomic mass is 9.89. The summed E-state index contributed by atoms with van der Waals surface area (Å²) in [6.07, 6.45) is 0.917. The highest BCUT2D eigenvalue weighted by molar-refractivity contribution is 5.81. The average Bonchev–Trinajstić information content (AvgIpc) is 2.22. The van der Waals surface area contributed by atoms with E-state index < -0.39 is 6.04 Å². The third-order valence-corrected chi connectivity index (χ3v) is 2.75. The van der Waals surface area contributed by atoms with E-state index >= 15 is 0 Å². The van der Waals surface area contributed by atoms with Crippen molar-refractivity contribution in [1.82, 2.24) is 5.32 Å². The Morgan fingerprint density at radius 3 is 2.44 bits per heavy atom. The zero-order chi connectivity index (χ0) is 12.8. The van der Waals surface area contributed by atoms with Crippen molar-refractivity contribution in [1.29, 1.82) is 0 Å².